The van der Waals surface area contributed by atoms with Gasteiger partial charge in [-0.1, -0.05) is 38.5 Å². The third-order valence-electron chi connectivity index (χ3n) is 2.26. The van der Waals surface area contributed by atoms with Gasteiger partial charge in [0.2, 0.25) is 0 Å². The number of aromatic nitrogens is 2. The minimum absolute atomic E-state index is 0.545. The molecule has 0 unspecified atom stereocenters. The highest BCUT2D eigenvalue weighted by atomic mass is 16.7. The van der Waals surface area contributed by atoms with E-state index >= 15 is 0 Å². The van der Waals surface area contributed by atoms with Crippen LogP contribution >= 0.6 is 0 Å². The summed E-state index contributed by atoms with van der Waals surface area (Å²) in [5.74, 6) is 4.72. The van der Waals surface area contributed by atoms with Crippen LogP contribution in [0.2, 0.25) is 0 Å². The third-order valence-corrected chi connectivity index (χ3v) is 2.26. The molecular weight excluding hydrogens is 216 g/mol. The van der Waals surface area contributed by atoms with Gasteiger partial charge in [0, 0.05) is 18.5 Å². The Bertz CT molecular complexity index is 374. The van der Waals surface area contributed by atoms with Crippen molar-refractivity contribution in [3.05, 3.63) is 18.7 Å². The lowest BCUT2D eigenvalue weighted by molar-refractivity contribution is -0.137. The summed E-state index contributed by atoms with van der Waals surface area (Å²) in [6.45, 7) is 2.19. The molecule has 0 aromatic carbocycles. The Kier molecular flexibility index (Phi) is 6.57. The largest absolute Gasteiger partial charge is 0.408 e. The minimum Gasteiger partial charge on any atom is -0.323 e. The summed E-state index contributed by atoms with van der Waals surface area (Å²) in [4.78, 5) is 19.8. The first kappa shape index (κ1) is 13.3. The highest BCUT2D eigenvalue weighted by Crippen LogP contribution is 2.03. The van der Waals surface area contributed by atoms with Crippen LogP contribution in [0, 0.1) is 11.8 Å². The molecule has 4 nitrogen and oxygen atoms in total. The Hall–Kier alpha value is -1.76. The van der Waals surface area contributed by atoms with Crippen LogP contribution in [0.1, 0.15) is 45.4 Å². The van der Waals surface area contributed by atoms with Gasteiger partial charge in [0.15, 0.2) is 0 Å². The Labute approximate surface area is 102 Å². The van der Waals surface area contributed by atoms with Crippen molar-refractivity contribution in [3.8, 4) is 11.8 Å². The van der Waals surface area contributed by atoms with Crippen molar-refractivity contribution in [2.75, 3.05) is 0 Å². The van der Waals surface area contributed by atoms with Crippen LogP contribution in [0.4, 0.5) is 0 Å². The minimum atomic E-state index is -0.545. The molecule has 0 radical (unpaired) electrons. The number of carbonyl (C=O) groups excluding carboxylic acids is 1. The van der Waals surface area contributed by atoms with E-state index in [-0.39, 0.29) is 0 Å². The van der Waals surface area contributed by atoms with Crippen molar-refractivity contribution in [2.24, 2.45) is 0 Å². The second-order valence-electron chi connectivity index (χ2n) is 3.77. The monoisotopic (exact) mass is 234 g/mol. The van der Waals surface area contributed by atoms with Gasteiger partial charge in [-0.05, 0) is 6.42 Å². The number of imidazole rings is 1. The number of nitrogens with zero attached hydrogens (tertiary/aromatic N) is 2. The van der Waals surface area contributed by atoms with Crippen molar-refractivity contribution in [3.63, 3.8) is 0 Å². The zero-order valence-electron chi connectivity index (χ0n) is 10.2. The molecule has 1 rings (SSSR count). The molecule has 0 aliphatic rings. The Morgan fingerprint density at radius 3 is 2.88 bits per heavy atom. The van der Waals surface area contributed by atoms with E-state index in [1.807, 2.05) is 0 Å². The first-order valence-electron chi connectivity index (χ1n) is 6.02. The van der Waals surface area contributed by atoms with Crippen molar-refractivity contribution in [1.82, 2.24) is 9.71 Å². The standard InChI is InChI=1S/C13H18N2O2/c1-2-3-4-5-6-7-8-9-13(16)17-15-11-10-14-12-15/h10-12H,2-7H2,1H3. The number of unbranched alkanes of at least 4 members (excludes halogenated alkanes) is 5. The Balaban J connectivity index is 2.10. The molecule has 0 aliphatic heterocycles. The summed E-state index contributed by atoms with van der Waals surface area (Å²) in [5.41, 5.74) is 0. The zero-order valence-corrected chi connectivity index (χ0v) is 10.2. The zero-order chi connectivity index (χ0) is 12.3. The third kappa shape index (κ3) is 6.41. The van der Waals surface area contributed by atoms with Gasteiger partial charge in [-0.15, -0.1) is 0 Å². The quantitative estimate of drug-likeness (QED) is 0.560. The van der Waals surface area contributed by atoms with Gasteiger partial charge in [0.05, 0.1) is 6.20 Å². The molecule has 0 amide bonds. The molecule has 0 spiro atoms. The number of hydrogen-bond acceptors (Lipinski definition) is 3. The lowest BCUT2D eigenvalue weighted by Gasteiger charge is -1.96. The van der Waals surface area contributed by atoms with Crippen LogP contribution in [0.3, 0.4) is 0 Å². The van der Waals surface area contributed by atoms with E-state index in [0.717, 1.165) is 12.8 Å². The highest BCUT2D eigenvalue weighted by Gasteiger charge is 1.97. The molecule has 1 aromatic heterocycles. The van der Waals surface area contributed by atoms with Gasteiger partial charge in [0.25, 0.3) is 0 Å². The topological polar surface area (TPSA) is 44.1 Å². The molecule has 0 aliphatic carbocycles. The lowest BCUT2D eigenvalue weighted by atomic mass is 10.1. The maximum atomic E-state index is 11.2. The van der Waals surface area contributed by atoms with Crippen LogP contribution in [0.5, 0.6) is 0 Å². The van der Waals surface area contributed by atoms with E-state index in [1.54, 1.807) is 6.20 Å². The second-order valence-corrected chi connectivity index (χ2v) is 3.77. The number of rotatable bonds is 6. The molecule has 0 saturated carbocycles. The van der Waals surface area contributed by atoms with Crippen molar-refractivity contribution in [2.45, 2.75) is 45.4 Å². The molecule has 0 atom stereocenters. The molecule has 1 aromatic rings. The van der Waals surface area contributed by atoms with E-state index in [9.17, 15) is 4.79 Å². The Morgan fingerprint density at radius 2 is 2.18 bits per heavy atom. The molecule has 4 heteroatoms. The summed E-state index contributed by atoms with van der Waals surface area (Å²) in [5, 5.41) is 0. The van der Waals surface area contributed by atoms with E-state index < -0.39 is 5.97 Å². The molecule has 0 bridgehead atoms. The molecule has 0 N–H and O–H groups in total. The van der Waals surface area contributed by atoms with Crippen molar-refractivity contribution >= 4 is 5.97 Å². The molecular formula is C13H18N2O2. The summed E-state index contributed by atoms with van der Waals surface area (Å²) in [7, 11) is 0. The molecule has 1 heterocycles. The number of carbonyl (C=O) groups is 1. The first-order chi connectivity index (χ1) is 8.33. The average Bonchev–Trinajstić information content (AvgIpc) is 2.80. The molecule has 0 saturated heterocycles. The predicted octanol–water partition coefficient (Wildman–Crippen LogP) is 2.20. The smallest absolute Gasteiger partial charge is 0.323 e. The SMILES string of the molecule is CCCCCCCC#CC(=O)On1ccnc1. The average molecular weight is 234 g/mol. The molecule has 0 fully saturated rings. The van der Waals surface area contributed by atoms with Crippen LogP contribution in [0.15, 0.2) is 18.7 Å². The summed E-state index contributed by atoms with van der Waals surface area (Å²) >= 11 is 0. The lowest BCUT2D eigenvalue weighted by Crippen LogP contribution is -2.16. The van der Waals surface area contributed by atoms with Gasteiger partial charge in [0.1, 0.15) is 6.33 Å². The normalized spacial score (nSPS) is 9.47. The maximum absolute atomic E-state index is 11.2. The van der Waals surface area contributed by atoms with Crippen LogP contribution in [-0.4, -0.2) is 15.7 Å². The van der Waals surface area contributed by atoms with Crippen LogP contribution < -0.4 is 4.84 Å². The molecule has 17 heavy (non-hydrogen) atoms. The Morgan fingerprint density at radius 1 is 1.35 bits per heavy atom. The fourth-order valence-electron chi connectivity index (χ4n) is 1.37. The van der Waals surface area contributed by atoms with Crippen molar-refractivity contribution < 1.29 is 9.63 Å². The van der Waals surface area contributed by atoms with Gasteiger partial charge in [-0.2, -0.15) is 4.73 Å². The maximum Gasteiger partial charge on any atom is 0.408 e. The van der Waals surface area contributed by atoms with Crippen LogP contribution in [-0.2, 0) is 4.79 Å². The van der Waals surface area contributed by atoms with Crippen LogP contribution in [0.25, 0.3) is 0 Å². The van der Waals surface area contributed by atoms with E-state index in [2.05, 4.69) is 23.7 Å². The summed E-state index contributed by atoms with van der Waals surface area (Å²) < 4.78 is 1.23. The number of hydrogen-bond donors (Lipinski definition) is 0. The van der Waals surface area contributed by atoms with E-state index in [1.165, 1.54) is 42.9 Å². The van der Waals surface area contributed by atoms with E-state index in [0.29, 0.717) is 0 Å². The summed E-state index contributed by atoms with van der Waals surface area (Å²) in [6.07, 6.45) is 11.2. The van der Waals surface area contributed by atoms with Gasteiger partial charge in [-0.3, -0.25) is 0 Å². The van der Waals surface area contributed by atoms with Gasteiger partial charge < -0.3 is 4.84 Å². The van der Waals surface area contributed by atoms with Gasteiger partial charge >= 0.3 is 5.97 Å². The first-order valence-corrected chi connectivity index (χ1v) is 6.02. The highest BCUT2D eigenvalue weighted by molar-refractivity contribution is 5.88. The predicted molar refractivity (Wildman–Crippen MR) is 65.0 cm³/mol. The fourth-order valence-corrected chi connectivity index (χ4v) is 1.37. The second kappa shape index (κ2) is 8.40. The van der Waals surface area contributed by atoms with E-state index in [4.69, 9.17) is 4.84 Å². The fraction of sp³-hybridized carbons (Fsp3) is 0.538. The van der Waals surface area contributed by atoms with Crippen molar-refractivity contribution in [1.29, 1.82) is 0 Å². The summed E-state index contributed by atoms with van der Waals surface area (Å²) in [6, 6.07) is 0. The molecule has 92 valence electrons. The van der Waals surface area contributed by atoms with Gasteiger partial charge in [-0.25, -0.2) is 9.78 Å².